The van der Waals surface area contributed by atoms with Crippen molar-refractivity contribution in [2.75, 3.05) is 0 Å². The second-order valence-electron chi connectivity index (χ2n) is 5.08. The van der Waals surface area contributed by atoms with E-state index in [1.807, 2.05) is 0 Å². The summed E-state index contributed by atoms with van der Waals surface area (Å²) >= 11 is 0. The summed E-state index contributed by atoms with van der Waals surface area (Å²) in [6, 6.07) is 2.42. The van der Waals surface area contributed by atoms with Gasteiger partial charge in [0.05, 0.1) is 17.7 Å². The molecule has 0 radical (unpaired) electrons. The number of carbonyl (C=O) groups is 2. The molecule has 2 aromatic heterocycles. The number of carbonyl (C=O) groups excluding carboxylic acids is 2. The third-order valence-corrected chi connectivity index (χ3v) is 3.31. The molecule has 0 fully saturated rings. The molecule has 0 aromatic carbocycles. The molecule has 0 spiro atoms. The van der Waals surface area contributed by atoms with Crippen LogP contribution in [-0.4, -0.2) is 26.2 Å². The fourth-order valence-corrected chi connectivity index (χ4v) is 2.27. The first-order chi connectivity index (χ1) is 10.7. The number of H-pyrrole nitrogens is 1. The number of primary amides is 1. The second-order valence-corrected chi connectivity index (χ2v) is 5.08. The van der Waals surface area contributed by atoms with Gasteiger partial charge in [0, 0.05) is 23.0 Å². The van der Waals surface area contributed by atoms with Gasteiger partial charge in [0.25, 0.3) is 17.2 Å². The molecule has 3 N–H and O–H groups in total. The number of pyridine rings is 1. The van der Waals surface area contributed by atoms with Crippen LogP contribution in [0, 0.1) is 24.0 Å². The van der Waals surface area contributed by atoms with Gasteiger partial charge in [0.15, 0.2) is 5.78 Å². The van der Waals surface area contributed by atoms with E-state index in [2.05, 4.69) is 4.98 Å². The van der Waals surface area contributed by atoms with Crippen LogP contribution in [0.4, 0.5) is 5.69 Å². The maximum Gasteiger partial charge on any atom is 0.286 e. The highest BCUT2D eigenvalue weighted by atomic mass is 16.6. The van der Waals surface area contributed by atoms with Crippen LogP contribution in [-0.2, 0) is 6.54 Å². The highest BCUT2D eigenvalue weighted by Gasteiger charge is 2.20. The molecule has 2 rings (SSSR count). The van der Waals surface area contributed by atoms with Crippen LogP contribution in [0.3, 0.4) is 0 Å². The summed E-state index contributed by atoms with van der Waals surface area (Å²) in [5, 5.41) is 10.9. The number of amides is 1. The van der Waals surface area contributed by atoms with E-state index in [-0.39, 0.29) is 0 Å². The Morgan fingerprint density at radius 1 is 1.30 bits per heavy atom. The van der Waals surface area contributed by atoms with Crippen LogP contribution >= 0.6 is 0 Å². The molecule has 0 aliphatic heterocycles. The zero-order valence-electron chi connectivity index (χ0n) is 12.5. The van der Waals surface area contributed by atoms with Gasteiger partial charge in [0.1, 0.15) is 5.56 Å². The number of nitro groups is 1. The summed E-state index contributed by atoms with van der Waals surface area (Å²) in [5.74, 6) is -1.50. The number of nitrogens with zero attached hydrogens (tertiary/aromatic N) is 2. The van der Waals surface area contributed by atoms with Gasteiger partial charge in [-0.1, -0.05) is 0 Å². The minimum atomic E-state index is -1.09. The first kappa shape index (κ1) is 16.1. The largest absolute Gasteiger partial charge is 0.365 e. The van der Waals surface area contributed by atoms with Gasteiger partial charge in [0.2, 0.25) is 0 Å². The molecule has 0 bridgehead atoms. The van der Waals surface area contributed by atoms with E-state index in [1.54, 1.807) is 19.9 Å². The number of ketones is 1. The number of nitrogens with one attached hydrogen (secondary N) is 1. The molecule has 1 amide bonds. The van der Waals surface area contributed by atoms with Crippen molar-refractivity contribution < 1.29 is 14.5 Å². The highest BCUT2D eigenvalue weighted by Crippen LogP contribution is 2.13. The van der Waals surface area contributed by atoms with Crippen LogP contribution in [0.15, 0.2) is 23.1 Å². The maximum atomic E-state index is 12.3. The number of aromatic amines is 1. The Bertz CT molecular complexity index is 878. The topological polar surface area (TPSA) is 141 Å². The maximum absolute atomic E-state index is 12.3. The normalized spacial score (nSPS) is 10.5. The Kier molecular flexibility index (Phi) is 4.12. The first-order valence-corrected chi connectivity index (χ1v) is 6.58. The molecular formula is C14H14N4O5. The van der Waals surface area contributed by atoms with Crippen LogP contribution < -0.4 is 11.3 Å². The van der Waals surface area contributed by atoms with E-state index < -0.39 is 40.0 Å². The number of nitrogens with two attached hydrogens (primary N) is 1. The van der Waals surface area contributed by atoms with Crippen molar-refractivity contribution in [3.63, 3.8) is 0 Å². The molecular weight excluding hydrogens is 304 g/mol. The minimum absolute atomic E-state index is 0.376. The quantitative estimate of drug-likeness (QED) is 0.474. The smallest absolute Gasteiger partial charge is 0.286 e. The number of hydrogen-bond acceptors (Lipinski definition) is 5. The van der Waals surface area contributed by atoms with Gasteiger partial charge in [-0.15, -0.1) is 0 Å². The van der Waals surface area contributed by atoms with Crippen LogP contribution in [0.2, 0.25) is 0 Å². The highest BCUT2D eigenvalue weighted by molar-refractivity contribution is 5.97. The molecule has 9 heteroatoms. The summed E-state index contributed by atoms with van der Waals surface area (Å²) in [7, 11) is 0. The Morgan fingerprint density at radius 3 is 2.43 bits per heavy atom. The Labute approximate surface area is 129 Å². The third kappa shape index (κ3) is 3.18. The fourth-order valence-electron chi connectivity index (χ4n) is 2.27. The Hall–Kier alpha value is -3.23. The van der Waals surface area contributed by atoms with Crippen molar-refractivity contribution in [2.45, 2.75) is 20.4 Å². The summed E-state index contributed by atoms with van der Waals surface area (Å²) in [6.45, 7) is 3.04. The molecule has 9 nitrogen and oxygen atoms in total. The van der Waals surface area contributed by atoms with Gasteiger partial charge >= 0.3 is 0 Å². The Morgan fingerprint density at radius 2 is 1.96 bits per heavy atom. The van der Waals surface area contributed by atoms with Crippen molar-refractivity contribution in [1.29, 1.82) is 0 Å². The van der Waals surface area contributed by atoms with Gasteiger partial charge in [-0.05, 0) is 19.9 Å². The average Bonchev–Trinajstić information content (AvgIpc) is 2.79. The summed E-state index contributed by atoms with van der Waals surface area (Å²) < 4.78 is 0.822. The van der Waals surface area contributed by atoms with Gasteiger partial charge < -0.3 is 15.3 Å². The predicted molar refractivity (Wildman–Crippen MR) is 80.5 cm³/mol. The number of Topliss-reactive ketones (excluding diaryl/α,β-unsaturated/α-hetero) is 1. The standard InChI is InChI=1S/C14H14N4O5/c1-7-3-10(8(2)16-7)12(19)6-17-5-9(18(22)23)4-11(13(15)20)14(17)21/h3-5,16H,6H2,1-2H3,(H2,15,20). The SMILES string of the molecule is Cc1cc(C(=O)Cn2cc([N+](=O)[O-])cc(C(N)=O)c2=O)c(C)[nH]1. The number of aryl methyl sites for hydroxylation is 2. The van der Waals surface area contributed by atoms with Crippen molar-refractivity contribution in [3.8, 4) is 0 Å². The number of hydrogen-bond donors (Lipinski definition) is 2. The molecule has 0 aliphatic rings. The summed E-state index contributed by atoms with van der Waals surface area (Å²) in [4.78, 5) is 48.8. The Balaban J connectivity index is 2.48. The minimum Gasteiger partial charge on any atom is -0.365 e. The number of rotatable bonds is 5. The second kappa shape index (κ2) is 5.87. The average molecular weight is 318 g/mol. The number of aromatic nitrogens is 2. The lowest BCUT2D eigenvalue weighted by Gasteiger charge is -2.06. The predicted octanol–water partition coefficient (Wildman–Crippen LogP) is 0.683. The van der Waals surface area contributed by atoms with Crippen molar-refractivity contribution >= 4 is 17.4 Å². The molecule has 2 aromatic rings. The van der Waals surface area contributed by atoms with Crippen LogP contribution in [0.25, 0.3) is 0 Å². The van der Waals surface area contributed by atoms with Gasteiger partial charge in [-0.25, -0.2) is 0 Å². The lowest BCUT2D eigenvalue weighted by Crippen LogP contribution is -2.31. The molecule has 120 valence electrons. The van der Waals surface area contributed by atoms with Crippen LogP contribution in [0.1, 0.15) is 32.1 Å². The fraction of sp³-hybridized carbons (Fsp3) is 0.214. The molecule has 0 unspecified atom stereocenters. The van der Waals surface area contributed by atoms with Crippen molar-refractivity contribution in [2.24, 2.45) is 5.73 Å². The van der Waals surface area contributed by atoms with Crippen LogP contribution in [0.5, 0.6) is 0 Å². The van der Waals surface area contributed by atoms with Gasteiger partial charge in [-0.2, -0.15) is 0 Å². The van der Waals surface area contributed by atoms with Gasteiger partial charge in [-0.3, -0.25) is 24.5 Å². The third-order valence-electron chi connectivity index (χ3n) is 3.31. The van der Waals surface area contributed by atoms with E-state index >= 15 is 0 Å². The zero-order chi connectivity index (χ0) is 17.3. The van der Waals surface area contributed by atoms with Crippen molar-refractivity contribution in [1.82, 2.24) is 9.55 Å². The van der Waals surface area contributed by atoms with Crippen molar-refractivity contribution in [3.05, 3.63) is 61.3 Å². The lowest BCUT2D eigenvalue weighted by molar-refractivity contribution is -0.385. The molecule has 2 heterocycles. The molecule has 0 atom stereocenters. The lowest BCUT2D eigenvalue weighted by atomic mass is 10.1. The first-order valence-electron chi connectivity index (χ1n) is 6.58. The van der Waals surface area contributed by atoms with E-state index in [9.17, 15) is 24.5 Å². The summed E-state index contributed by atoms with van der Waals surface area (Å²) in [5.41, 5.74) is 4.96. The summed E-state index contributed by atoms with van der Waals surface area (Å²) in [6.07, 6.45) is 0.918. The van der Waals surface area contributed by atoms with E-state index in [4.69, 9.17) is 5.73 Å². The molecule has 0 saturated carbocycles. The zero-order valence-corrected chi connectivity index (χ0v) is 12.5. The molecule has 23 heavy (non-hydrogen) atoms. The monoisotopic (exact) mass is 318 g/mol. The molecule has 0 saturated heterocycles. The van der Waals surface area contributed by atoms with E-state index in [0.717, 1.165) is 22.5 Å². The van der Waals surface area contributed by atoms with E-state index in [1.165, 1.54) is 0 Å². The van der Waals surface area contributed by atoms with E-state index in [0.29, 0.717) is 11.3 Å². The molecule has 0 aliphatic carbocycles.